The van der Waals surface area contributed by atoms with E-state index >= 15 is 0 Å². The maximum Gasteiger partial charge on any atom is 0.350 e. The molecule has 4 aromatic rings. The molecule has 10 heteroatoms. The zero-order chi connectivity index (χ0) is 22.0. The quantitative estimate of drug-likeness (QED) is 0.256. The molecule has 0 aliphatic carbocycles. The van der Waals surface area contributed by atoms with Crippen molar-refractivity contribution in [1.29, 1.82) is 0 Å². The molecular weight excluding hydrogens is 434 g/mol. The molecule has 0 saturated carbocycles. The van der Waals surface area contributed by atoms with Gasteiger partial charge in [0.2, 0.25) is 5.91 Å². The molecule has 0 unspecified atom stereocenters. The Morgan fingerprint density at radius 2 is 2.10 bits per heavy atom. The minimum Gasteiger partial charge on any atom is -0.457 e. The van der Waals surface area contributed by atoms with Crippen LogP contribution in [0.4, 0.5) is 5.13 Å². The van der Waals surface area contributed by atoms with Crippen LogP contribution in [0.1, 0.15) is 20.9 Å². The highest BCUT2D eigenvalue weighted by Gasteiger charge is 2.18. The summed E-state index contributed by atoms with van der Waals surface area (Å²) in [5.74, 6) is -0.613. The highest BCUT2D eigenvalue weighted by molar-refractivity contribution is 7.99. The van der Waals surface area contributed by atoms with E-state index in [1.165, 1.54) is 17.8 Å². The average molecular weight is 454 g/mol. The van der Waals surface area contributed by atoms with Gasteiger partial charge < -0.3 is 10.1 Å². The number of para-hydroxylation sites is 1. The maximum atomic E-state index is 12.5. The summed E-state index contributed by atoms with van der Waals surface area (Å²) in [5.41, 5.74) is 3.35. The Morgan fingerprint density at radius 3 is 2.90 bits per heavy atom. The number of carbonyl (C=O) groups excluding carboxylic acids is 2. The number of ether oxygens (including phenoxy) is 1. The molecule has 0 radical (unpaired) electrons. The predicted molar refractivity (Wildman–Crippen MR) is 122 cm³/mol. The van der Waals surface area contributed by atoms with Crippen LogP contribution in [-0.2, 0) is 9.53 Å². The summed E-state index contributed by atoms with van der Waals surface area (Å²) in [4.78, 5) is 29.1. The van der Waals surface area contributed by atoms with E-state index in [9.17, 15) is 9.59 Å². The zero-order valence-corrected chi connectivity index (χ0v) is 18.5. The van der Waals surface area contributed by atoms with E-state index in [4.69, 9.17) is 4.74 Å². The van der Waals surface area contributed by atoms with Crippen molar-refractivity contribution in [2.45, 2.75) is 19.0 Å². The molecule has 0 aliphatic heterocycles. The largest absolute Gasteiger partial charge is 0.457 e. The fourth-order valence-electron chi connectivity index (χ4n) is 3.09. The number of pyridine rings is 1. The monoisotopic (exact) mass is 453 g/mol. The number of hydrogen-bond acceptors (Lipinski definition) is 8. The number of anilines is 1. The number of aromatic nitrogens is 4. The molecule has 0 saturated heterocycles. The Kier molecular flexibility index (Phi) is 6.01. The first-order chi connectivity index (χ1) is 15.0. The van der Waals surface area contributed by atoms with E-state index in [2.05, 4.69) is 27.1 Å². The summed E-state index contributed by atoms with van der Waals surface area (Å²) in [5, 5.41) is 13.3. The van der Waals surface area contributed by atoms with Gasteiger partial charge in [-0.2, -0.15) is 0 Å². The molecule has 1 N–H and O–H groups in total. The van der Waals surface area contributed by atoms with Gasteiger partial charge in [-0.1, -0.05) is 54.0 Å². The van der Waals surface area contributed by atoms with Gasteiger partial charge in [-0.3, -0.25) is 9.20 Å². The summed E-state index contributed by atoms with van der Waals surface area (Å²) in [6.45, 7) is 7.37. The second-order valence-electron chi connectivity index (χ2n) is 6.68. The van der Waals surface area contributed by atoms with Crippen LogP contribution in [0.3, 0.4) is 0 Å². The lowest BCUT2D eigenvalue weighted by Gasteiger charge is -2.07. The van der Waals surface area contributed by atoms with Crippen LogP contribution in [-0.4, -0.2) is 43.8 Å². The van der Waals surface area contributed by atoms with Crippen molar-refractivity contribution in [1.82, 2.24) is 19.6 Å². The van der Waals surface area contributed by atoms with Crippen molar-refractivity contribution in [3.63, 3.8) is 0 Å². The normalized spacial score (nSPS) is 11.0. The molecule has 158 valence electrons. The van der Waals surface area contributed by atoms with E-state index in [1.54, 1.807) is 6.92 Å². The number of esters is 1. The van der Waals surface area contributed by atoms with Gasteiger partial charge >= 0.3 is 5.97 Å². The number of carbonyl (C=O) groups is 2. The highest BCUT2D eigenvalue weighted by Crippen LogP contribution is 2.27. The molecule has 1 aromatic carbocycles. The summed E-state index contributed by atoms with van der Waals surface area (Å²) in [6.07, 6.45) is 1.49. The number of nitrogens with one attached hydrogen (secondary N) is 1. The van der Waals surface area contributed by atoms with Gasteiger partial charge in [0.15, 0.2) is 15.9 Å². The second-order valence-corrected chi connectivity index (χ2v) is 8.62. The number of fused-ring (bicyclic) bond motifs is 3. The van der Waals surface area contributed by atoms with Crippen LogP contribution in [0.25, 0.3) is 16.6 Å². The molecule has 31 heavy (non-hydrogen) atoms. The fraction of sp³-hybridized carbons (Fsp3) is 0.190. The van der Waals surface area contributed by atoms with E-state index < -0.39 is 5.97 Å². The van der Waals surface area contributed by atoms with Crippen molar-refractivity contribution in [2.24, 2.45) is 0 Å². The van der Waals surface area contributed by atoms with E-state index in [0.29, 0.717) is 20.9 Å². The molecule has 0 bridgehead atoms. The lowest BCUT2D eigenvalue weighted by Crippen LogP contribution is -2.14. The number of hydrogen-bond donors (Lipinski definition) is 1. The van der Waals surface area contributed by atoms with Gasteiger partial charge in [-0.15, -0.1) is 10.2 Å². The molecule has 4 rings (SSSR count). The number of amides is 1. The Labute approximate surface area is 186 Å². The third-order valence-corrected chi connectivity index (χ3v) is 6.45. The lowest BCUT2D eigenvalue weighted by atomic mass is 10.1. The minimum atomic E-state index is -0.484. The summed E-state index contributed by atoms with van der Waals surface area (Å²) in [7, 11) is 0. The van der Waals surface area contributed by atoms with Gasteiger partial charge in [-0.25, -0.2) is 9.78 Å². The van der Waals surface area contributed by atoms with Crippen LogP contribution in [0.15, 0.2) is 48.1 Å². The van der Waals surface area contributed by atoms with Gasteiger partial charge in [0, 0.05) is 5.39 Å². The van der Waals surface area contributed by atoms with Crippen molar-refractivity contribution in [2.75, 3.05) is 17.7 Å². The topological polar surface area (TPSA) is 98.5 Å². The third-order valence-electron chi connectivity index (χ3n) is 4.47. The first-order valence-corrected chi connectivity index (χ1v) is 11.2. The van der Waals surface area contributed by atoms with Gasteiger partial charge in [0.05, 0.1) is 17.0 Å². The van der Waals surface area contributed by atoms with E-state index in [1.807, 2.05) is 41.7 Å². The van der Waals surface area contributed by atoms with Crippen LogP contribution in [0.5, 0.6) is 0 Å². The number of nitrogens with zero attached hydrogens (tertiary/aromatic N) is 4. The summed E-state index contributed by atoms with van der Waals surface area (Å²) in [6, 6.07) is 9.99. The van der Waals surface area contributed by atoms with Crippen molar-refractivity contribution >= 4 is 56.7 Å². The molecule has 8 nitrogen and oxygen atoms in total. The predicted octanol–water partition coefficient (Wildman–Crippen LogP) is 4.03. The second kappa shape index (κ2) is 8.86. The average Bonchev–Trinajstić information content (AvgIpc) is 3.33. The SMILES string of the molecule is C=CCOC(=O)c1sc(NC(=O)CSc2nnc3cc(C)c4ccccc4n23)nc1C. The number of rotatable bonds is 7. The maximum absolute atomic E-state index is 12.5. The Bertz CT molecular complexity index is 1310. The first kappa shape index (κ1) is 21.0. The first-order valence-electron chi connectivity index (χ1n) is 9.39. The summed E-state index contributed by atoms with van der Waals surface area (Å²) >= 11 is 2.37. The Balaban J connectivity index is 1.48. The molecule has 1 amide bonds. The Morgan fingerprint density at radius 1 is 1.29 bits per heavy atom. The van der Waals surface area contributed by atoms with Crippen LogP contribution in [0, 0.1) is 13.8 Å². The van der Waals surface area contributed by atoms with Crippen molar-refractivity contribution in [3.05, 3.63) is 59.1 Å². The molecule has 0 aliphatic rings. The van der Waals surface area contributed by atoms with Crippen molar-refractivity contribution in [3.8, 4) is 0 Å². The Hall–Kier alpha value is -3.24. The molecule has 3 aromatic heterocycles. The summed E-state index contributed by atoms with van der Waals surface area (Å²) < 4.78 is 6.98. The number of thiazole rings is 1. The molecule has 0 atom stereocenters. The number of aryl methyl sites for hydroxylation is 2. The molecule has 0 fully saturated rings. The van der Waals surface area contributed by atoms with Gasteiger partial charge in [-0.05, 0) is 31.5 Å². The third kappa shape index (κ3) is 4.30. The van der Waals surface area contributed by atoms with E-state index in [0.717, 1.165) is 33.5 Å². The highest BCUT2D eigenvalue weighted by atomic mass is 32.2. The van der Waals surface area contributed by atoms with Gasteiger partial charge in [0.25, 0.3) is 0 Å². The van der Waals surface area contributed by atoms with Crippen LogP contribution >= 0.6 is 23.1 Å². The van der Waals surface area contributed by atoms with Crippen molar-refractivity contribution < 1.29 is 14.3 Å². The minimum absolute atomic E-state index is 0.120. The standard InChI is InChI=1S/C21H19N5O3S2/c1-4-9-29-19(28)18-13(3)22-20(31-18)23-17(27)11-30-21-25-24-16-10-12(2)14-7-5-6-8-15(14)26(16)21/h4-8,10H,1,9,11H2,2-3H3,(H,22,23,27). The lowest BCUT2D eigenvalue weighted by molar-refractivity contribution is -0.113. The van der Waals surface area contributed by atoms with Crippen LogP contribution in [0.2, 0.25) is 0 Å². The number of thioether (sulfide) groups is 1. The number of benzene rings is 1. The molecular formula is C21H19N5O3S2. The van der Waals surface area contributed by atoms with Crippen LogP contribution < -0.4 is 5.32 Å². The molecule has 0 spiro atoms. The molecule has 3 heterocycles. The van der Waals surface area contributed by atoms with Gasteiger partial charge in [0.1, 0.15) is 11.5 Å². The smallest absolute Gasteiger partial charge is 0.350 e. The fourth-order valence-corrected chi connectivity index (χ4v) is 4.72. The zero-order valence-electron chi connectivity index (χ0n) is 16.9. The van der Waals surface area contributed by atoms with E-state index in [-0.39, 0.29) is 18.3 Å².